The first-order valence-corrected chi connectivity index (χ1v) is 4.25. The molecule has 2 nitrogen and oxygen atoms in total. The molecule has 0 amide bonds. The van der Waals surface area contributed by atoms with Gasteiger partial charge in [-0.15, -0.1) is 11.3 Å². The van der Waals surface area contributed by atoms with Gasteiger partial charge in [0.05, 0.1) is 24.0 Å². The summed E-state index contributed by atoms with van der Waals surface area (Å²) in [5, 5.41) is 1.83. The highest BCUT2D eigenvalue weighted by Crippen LogP contribution is 2.16. The van der Waals surface area contributed by atoms with Gasteiger partial charge in [-0.1, -0.05) is 6.07 Å². The van der Waals surface area contributed by atoms with E-state index in [1.54, 1.807) is 6.07 Å². The molecule has 0 radical (unpaired) electrons. The first-order chi connectivity index (χ1) is 4.84. The van der Waals surface area contributed by atoms with E-state index in [1.807, 2.05) is 11.4 Å². The molecule has 54 valence electrons. The average Bonchev–Trinajstić information content (AvgIpc) is 2.38. The number of carbonyl (C=O) groups is 1. The lowest BCUT2D eigenvalue weighted by atomic mass is 10.5. The molecule has 1 aromatic rings. The van der Waals surface area contributed by atoms with Crippen molar-refractivity contribution in [2.24, 2.45) is 0 Å². The summed E-state index contributed by atoms with van der Waals surface area (Å²) in [6.07, 6.45) is 0. The molecule has 10 heavy (non-hydrogen) atoms. The summed E-state index contributed by atoms with van der Waals surface area (Å²) in [4.78, 5) is 11.7. The fourth-order valence-corrected chi connectivity index (χ4v) is 1.62. The van der Waals surface area contributed by atoms with Gasteiger partial charge in [0, 0.05) is 0 Å². The Hall–Kier alpha value is -0.320. The van der Waals surface area contributed by atoms with Gasteiger partial charge in [-0.3, -0.25) is 4.79 Å². The Morgan fingerprint density at radius 2 is 2.60 bits per heavy atom. The maximum atomic E-state index is 11.0. The second kappa shape index (κ2) is 3.75. The molecule has 0 bridgehead atoms. The molecule has 0 unspecified atom stereocenters. The van der Waals surface area contributed by atoms with E-state index in [2.05, 4.69) is 4.18 Å². The normalized spacial score (nSPS) is 9.70. The Morgan fingerprint density at radius 3 is 3.10 bits per heavy atom. The fourth-order valence-electron chi connectivity index (χ4n) is 0.511. The third-order valence-corrected chi connectivity index (χ3v) is 2.42. The van der Waals surface area contributed by atoms with Gasteiger partial charge in [0.25, 0.3) is 5.12 Å². The molecule has 0 aliphatic heterocycles. The van der Waals surface area contributed by atoms with Crippen molar-refractivity contribution < 1.29 is 8.98 Å². The van der Waals surface area contributed by atoms with E-state index in [0.717, 1.165) is 16.9 Å². The summed E-state index contributed by atoms with van der Waals surface area (Å²) < 4.78 is 4.60. The summed E-state index contributed by atoms with van der Waals surface area (Å²) in [5.74, 6) is 0. The number of carbonyl (C=O) groups excluding carboxylic acids is 1. The van der Waals surface area contributed by atoms with Gasteiger partial charge in [0.15, 0.2) is 0 Å². The lowest BCUT2D eigenvalue weighted by Gasteiger charge is -1.90. The zero-order valence-electron chi connectivity index (χ0n) is 5.37. The maximum absolute atomic E-state index is 11.0. The van der Waals surface area contributed by atoms with Crippen molar-refractivity contribution in [1.82, 2.24) is 0 Å². The van der Waals surface area contributed by atoms with Crippen LogP contribution in [0.1, 0.15) is 9.67 Å². The molecule has 0 aliphatic carbocycles. The molecular weight excluding hydrogens is 168 g/mol. The molecule has 1 heterocycles. The summed E-state index contributed by atoms with van der Waals surface area (Å²) >= 11 is 2.28. The van der Waals surface area contributed by atoms with Crippen molar-refractivity contribution in [3.8, 4) is 0 Å². The van der Waals surface area contributed by atoms with E-state index in [9.17, 15) is 4.79 Å². The first kappa shape index (κ1) is 7.78. The van der Waals surface area contributed by atoms with Crippen LogP contribution in [0.4, 0.5) is 0 Å². The van der Waals surface area contributed by atoms with Gasteiger partial charge in [-0.25, -0.2) is 0 Å². The molecule has 0 saturated carbocycles. The van der Waals surface area contributed by atoms with Crippen LogP contribution in [0.5, 0.6) is 0 Å². The Balaban J connectivity index is 2.59. The quantitative estimate of drug-likeness (QED) is 0.643. The lowest BCUT2D eigenvalue weighted by Crippen LogP contribution is -1.87. The van der Waals surface area contributed by atoms with Crippen LogP contribution in [0.15, 0.2) is 17.5 Å². The topological polar surface area (TPSA) is 26.3 Å². The minimum Gasteiger partial charge on any atom is -0.311 e. The van der Waals surface area contributed by atoms with Crippen LogP contribution in [0.25, 0.3) is 0 Å². The van der Waals surface area contributed by atoms with Crippen LogP contribution in [0.3, 0.4) is 0 Å². The zero-order chi connectivity index (χ0) is 7.40. The van der Waals surface area contributed by atoms with Crippen LogP contribution < -0.4 is 0 Å². The van der Waals surface area contributed by atoms with E-state index >= 15 is 0 Å². The van der Waals surface area contributed by atoms with Gasteiger partial charge in [0.2, 0.25) is 0 Å². The predicted molar refractivity (Wildman–Crippen MR) is 43.2 cm³/mol. The predicted octanol–water partition coefficient (Wildman–Crippen LogP) is 2.18. The minimum atomic E-state index is -0.0301. The Kier molecular flexibility index (Phi) is 2.92. The monoisotopic (exact) mass is 174 g/mol. The highest BCUT2D eigenvalue weighted by Gasteiger charge is 2.05. The van der Waals surface area contributed by atoms with Gasteiger partial charge in [0.1, 0.15) is 0 Å². The fraction of sp³-hybridized carbons (Fsp3) is 0.167. The van der Waals surface area contributed by atoms with Crippen LogP contribution in [0.2, 0.25) is 0 Å². The summed E-state index contributed by atoms with van der Waals surface area (Å²) in [5.41, 5.74) is 0. The molecule has 0 aliphatic rings. The molecule has 0 N–H and O–H groups in total. The molecular formula is C6H6O2S2. The SMILES string of the molecule is COSC(=O)c1cccs1. The van der Waals surface area contributed by atoms with E-state index in [1.165, 1.54) is 18.4 Å². The van der Waals surface area contributed by atoms with E-state index < -0.39 is 0 Å². The Labute approximate surface area is 67.4 Å². The number of thiophene rings is 1. The summed E-state index contributed by atoms with van der Waals surface area (Å²) in [7, 11) is 1.48. The molecule has 1 rings (SSSR count). The van der Waals surface area contributed by atoms with Crippen molar-refractivity contribution in [2.75, 3.05) is 7.11 Å². The molecule has 0 aromatic carbocycles. The van der Waals surface area contributed by atoms with Crippen LogP contribution in [0, 0.1) is 0 Å². The maximum Gasteiger partial charge on any atom is 0.255 e. The minimum absolute atomic E-state index is 0.0301. The number of hydrogen-bond donors (Lipinski definition) is 0. The first-order valence-electron chi connectivity index (χ1n) is 2.63. The Morgan fingerprint density at radius 1 is 1.80 bits per heavy atom. The van der Waals surface area contributed by atoms with Crippen molar-refractivity contribution in [2.45, 2.75) is 0 Å². The van der Waals surface area contributed by atoms with Crippen LogP contribution in [-0.2, 0) is 4.18 Å². The molecule has 1 aromatic heterocycles. The smallest absolute Gasteiger partial charge is 0.255 e. The standard InChI is InChI=1S/C6H6O2S2/c1-8-10-6(7)5-3-2-4-9-5/h2-4H,1H3. The van der Waals surface area contributed by atoms with Crippen molar-refractivity contribution in [1.29, 1.82) is 0 Å². The van der Waals surface area contributed by atoms with Gasteiger partial charge in [-0.2, -0.15) is 0 Å². The van der Waals surface area contributed by atoms with Gasteiger partial charge >= 0.3 is 0 Å². The average molecular weight is 174 g/mol. The van der Waals surface area contributed by atoms with Crippen LogP contribution in [-0.4, -0.2) is 12.2 Å². The van der Waals surface area contributed by atoms with E-state index in [0.29, 0.717) is 0 Å². The molecule has 0 saturated heterocycles. The molecule has 0 fully saturated rings. The number of hydrogen-bond acceptors (Lipinski definition) is 4. The van der Waals surface area contributed by atoms with E-state index in [-0.39, 0.29) is 5.12 Å². The van der Waals surface area contributed by atoms with Crippen molar-refractivity contribution in [3.05, 3.63) is 22.4 Å². The summed E-state index contributed by atoms with van der Waals surface area (Å²) in [6, 6.07) is 3.62. The highest BCUT2D eigenvalue weighted by atomic mass is 32.2. The third kappa shape index (κ3) is 1.83. The highest BCUT2D eigenvalue weighted by molar-refractivity contribution is 8.10. The van der Waals surface area contributed by atoms with Crippen LogP contribution >= 0.6 is 23.4 Å². The van der Waals surface area contributed by atoms with Crippen molar-refractivity contribution in [3.63, 3.8) is 0 Å². The molecule has 0 atom stereocenters. The zero-order valence-corrected chi connectivity index (χ0v) is 7.00. The van der Waals surface area contributed by atoms with Gasteiger partial charge < -0.3 is 4.18 Å². The second-order valence-electron chi connectivity index (χ2n) is 1.51. The van der Waals surface area contributed by atoms with E-state index in [4.69, 9.17) is 0 Å². The number of rotatable bonds is 2. The van der Waals surface area contributed by atoms with Gasteiger partial charge in [-0.05, 0) is 11.4 Å². The third-order valence-electron chi connectivity index (χ3n) is 0.881. The largest absolute Gasteiger partial charge is 0.311 e. The molecule has 4 heteroatoms. The lowest BCUT2D eigenvalue weighted by molar-refractivity contribution is 0.108. The second-order valence-corrected chi connectivity index (χ2v) is 3.33. The Bertz CT molecular complexity index is 206. The summed E-state index contributed by atoms with van der Waals surface area (Å²) in [6.45, 7) is 0. The van der Waals surface area contributed by atoms with Crippen molar-refractivity contribution >= 4 is 28.5 Å². The molecule has 0 spiro atoms.